The summed E-state index contributed by atoms with van der Waals surface area (Å²) < 4.78 is 11.6. The summed E-state index contributed by atoms with van der Waals surface area (Å²) in [6.07, 6.45) is 4.10. The first-order valence-corrected chi connectivity index (χ1v) is 8.77. The van der Waals surface area contributed by atoms with E-state index in [1.807, 2.05) is 18.2 Å². The molecule has 3 atom stereocenters. The maximum Gasteiger partial charge on any atom is 0.221 e. The van der Waals surface area contributed by atoms with Crippen LogP contribution in [0.15, 0.2) is 29.3 Å². The number of carbonyl (C=O) groups is 1. The van der Waals surface area contributed by atoms with Crippen molar-refractivity contribution in [2.24, 2.45) is 4.99 Å². The van der Waals surface area contributed by atoms with E-state index in [4.69, 9.17) is 9.47 Å². The molecule has 25 heavy (non-hydrogen) atoms. The van der Waals surface area contributed by atoms with Crippen LogP contribution in [-0.2, 0) is 9.53 Å². The van der Waals surface area contributed by atoms with E-state index in [1.165, 1.54) is 13.3 Å². The third kappa shape index (κ3) is 4.85. The van der Waals surface area contributed by atoms with Gasteiger partial charge in [0.15, 0.2) is 5.96 Å². The second-order valence-electron chi connectivity index (χ2n) is 6.42. The summed E-state index contributed by atoms with van der Waals surface area (Å²) in [5.74, 6) is 1.40. The Labute approximate surface area is 148 Å². The summed E-state index contributed by atoms with van der Waals surface area (Å²) in [5, 5.41) is 9.44. The van der Waals surface area contributed by atoms with Crippen molar-refractivity contribution in [3.05, 3.63) is 24.3 Å². The molecule has 0 radical (unpaired) electrons. The Morgan fingerprint density at radius 1 is 1.40 bits per heavy atom. The lowest BCUT2D eigenvalue weighted by Gasteiger charge is -2.22. The Balaban J connectivity index is 1.39. The quantitative estimate of drug-likeness (QED) is 0.413. The molecule has 2 aliphatic heterocycles. The molecule has 0 saturated carbocycles. The first-order chi connectivity index (χ1) is 12.1. The molecular weight excluding hydrogens is 320 g/mol. The van der Waals surface area contributed by atoms with Gasteiger partial charge in [0.25, 0.3) is 0 Å². The van der Waals surface area contributed by atoms with Gasteiger partial charge in [-0.05, 0) is 31.4 Å². The zero-order valence-corrected chi connectivity index (χ0v) is 14.7. The summed E-state index contributed by atoms with van der Waals surface area (Å²) in [5.41, 5.74) is 0.728. The van der Waals surface area contributed by atoms with E-state index < -0.39 is 0 Å². The number of hydrogen-bond donors (Lipinski definition) is 3. The van der Waals surface area contributed by atoms with Crippen LogP contribution in [0.5, 0.6) is 5.75 Å². The number of hydrogen-bond acceptors (Lipinski definition) is 4. The highest BCUT2D eigenvalue weighted by atomic mass is 16.5. The van der Waals surface area contributed by atoms with Crippen LogP contribution < -0.4 is 20.7 Å². The number of nitrogens with zero attached hydrogens (tertiary/aromatic N) is 1. The van der Waals surface area contributed by atoms with Gasteiger partial charge in [-0.1, -0.05) is 6.07 Å². The molecule has 2 aliphatic rings. The molecule has 0 aliphatic carbocycles. The van der Waals surface area contributed by atoms with Gasteiger partial charge in [0.05, 0.1) is 24.8 Å². The smallest absolute Gasteiger partial charge is 0.221 e. The molecule has 3 unspecified atom stereocenters. The number of fused-ring (bicyclic) bond motifs is 2. The highest BCUT2D eigenvalue weighted by Crippen LogP contribution is 2.34. The monoisotopic (exact) mass is 346 g/mol. The summed E-state index contributed by atoms with van der Waals surface area (Å²) >= 11 is 0. The average molecular weight is 346 g/mol. The van der Waals surface area contributed by atoms with Crippen LogP contribution in [0.2, 0.25) is 0 Å². The van der Waals surface area contributed by atoms with Crippen molar-refractivity contribution < 1.29 is 14.3 Å². The zero-order chi connectivity index (χ0) is 17.6. The van der Waals surface area contributed by atoms with Gasteiger partial charge in [0.2, 0.25) is 5.91 Å². The van der Waals surface area contributed by atoms with Gasteiger partial charge in [-0.25, -0.2) is 0 Å². The van der Waals surface area contributed by atoms with Crippen LogP contribution in [0.3, 0.4) is 0 Å². The van der Waals surface area contributed by atoms with Crippen LogP contribution in [0.1, 0.15) is 26.2 Å². The maximum atomic E-state index is 11.1. The molecule has 7 heteroatoms. The molecule has 0 spiro atoms. The van der Waals surface area contributed by atoms with Gasteiger partial charge in [-0.3, -0.25) is 9.79 Å². The van der Waals surface area contributed by atoms with Gasteiger partial charge in [0, 0.05) is 25.7 Å². The fourth-order valence-electron chi connectivity index (χ4n) is 3.37. The zero-order valence-electron chi connectivity index (χ0n) is 14.7. The standard InChI is InChI=1S/C18H26N4O3/c1-12(23)21-13-4-3-5-14(10-13)24-9-8-20-18(19-2)22-16-11-15-6-7-17(16)25-15/h3-5,10,15-17H,6-9,11H2,1-2H3,(H,21,23)(H2,19,20,22). The van der Waals surface area contributed by atoms with E-state index in [0.29, 0.717) is 31.4 Å². The summed E-state index contributed by atoms with van der Waals surface area (Å²) in [4.78, 5) is 15.4. The van der Waals surface area contributed by atoms with Crippen molar-refractivity contribution in [3.8, 4) is 5.75 Å². The van der Waals surface area contributed by atoms with E-state index in [-0.39, 0.29) is 5.91 Å². The lowest BCUT2D eigenvalue weighted by molar-refractivity contribution is -0.114. The predicted molar refractivity (Wildman–Crippen MR) is 97.0 cm³/mol. The largest absolute Gasteiger partial charge is 0.492 e. The molecule has 7 nitrogen and oxygen atoms in total. The van der Waals surface area contributed by atoms with Crippen molar-refractivity contribution in [2.45, 2.75) is 44.4 Å². The normalized spacial score (nSPS) is 24.9. The third-order valence-corrected chi connectivity index (χ3v) is 4.47. The Hall–Kier alpha value is -2.28. The first-order valence-electron chi connectivity index (χ1n) is 8.77. The van der Waals surface area contributed by atoms with Gasteiger partial charge < -0.3 is 25.4 Å². The second kappa shape index (κ2) is 8.20. The van der Waals surface area contributed by atoms with E-state index in [1.54, 1.807) is 13.1 Å². The number of benzene rings is 1. The van der Waals surface area contributed by atoms with Crippen LogP contribution >= 0.6 is 0 Å². The number of amides is 1. The molecule has 2 saturated heterocycles. The Morgan fingerprint density at radius 3 is 2.96 bits per heavy atom. The average Bonchev–Trinajstić information content (AvgIpc) is 3.20. The minimum Gasteiger partial charge on any atom is -0.492 e. The fourth-order valence-corrected chi connectivity index (χ4v) is 3.37. The topological polar surface area (TPSA) is 84.0 Å². The van der Waals surface area contributed by atoms with E-state index in [9.17, 15) is 4.79 Å². The van der Waals surface area contributed by atoms with Gasteiger partial charge in [-0.2, -0.15) is 0 Å². The van der Waals surface area contributed by atoms with Gasteiger partial charge in [0.1, 0.15) is 12.4 Å². The van der Waals surface area contributed by atoms with Gasteiger partial charge >= 0.3 is 0 Å². The number of ether oxygens (including phenoxy) is 2. The van der Waals surface area contributed by atoms with Crippen molar-refractivity contribution in [1.29, 1.82) is 0 Å². The molecule has 0 aromatic heterocycles. The molecule has 2 heterocycles. The molecule has 3 N–H and O–H groups in total. The SMILES string of the molecule is CN=C(NCCOc1cccc(NC(C)=O)c1)NC1CC2CCC1O2. The Morgan fingerprint density at radius 2 is 2.28 bits per heavy atom. The second-order valence-corrected chi connectivity index (χ2v) is 6.42. The van der Waals surface area contributed by atoms with Crippen LogP contribution in [0.25, 0.3) is 0 Å². The van der Waals surface area contributed by atoms with Crippen molar-refractivity contribution in [2.75, 3.05) is 25.5 Å². The summed E-state index contributed by atoms with van der Waals surface area (Å²) in [7, 11) is 1.77. The molecule has 2 bridgehead atoms. The molecule has 3 rings (SSSR count). The predicted octanol–water partition coefficient (Wildman–Crippen LogP) is 1.51. The molecular formula is C18H26N4O3. The third-order valence-electron chi connectivity index (χ3n) is 4.47. The molecule has 136 valence electrons. The van der Waals surface area contributed by atoms with Crippen molar-refractivity contribution in [3.63, 3.8) is 0 Å². The number of guanidine groups is 1. The minimum absolute atomic E-state index is 0.0988. The number of anilines is 1. The number of aliphatic imine (C=N–C) groups is 1. The maximum absolute atomic E-state index is 11.1. The Kier molecular flexibility index (Phi) is 5.75. The van der Waals surface area contributed by atoms with Crippen LogP contribution in [-0.4, -0.2) is 50.3 Å². The molecule has 2 fully saturated rings. The number of nitrogens with one attached hydrogen (secondary N) is 3. The summed E-state index contributed by atoms with van der Waals surface area (Å²) in [6.45, 7) is 2.61. The van der Waals surface area contributed by atoms with E-state index in [2.05, 4.69) is 20.9 Å². The van der Waals surface area contributed by atoms with Crippen LogP contribution in [0, 0.1) is 0 Å². The number of carbonyl (C=O) groups excluding carboxylic acids is 1. The first kappa shape index (κ1) is 17.5. The highest BCUT2D eigenvalue weighted by molar-refractivity contribution is 5.88. The van der Waals surface area contributed by atoms with Gasteiger partial charge in [-0.15, -0.1) is 0 Å². The fraction of sp³-hybridized carbons (Fsp3) is 0.556. The number of rotatable bonds is 6. The van der Waals surface area contributed by atoms with Crippen molar-refractivity contribution in [1.82, 2.24) is 10.6 Å². The lowest BCUT2D eigenvalue weighted by Crippen LogP contribution is -2.48. The highest BCUT2D eigenvalue weighted by Gasteiger charge is 2.41. The Bertz CT molecular complexity index is 635. The summed E-state index contributed by atoms with van der Waals surface area (Å²) in [6, 6.07) is 7.70. The minimum atomic E-state index is -0.0988. The molecule has 1 amide bonds. The van der Waals surface area contributed by atoms with E-state index in [0.717, 1.165) is 30.2 Å². The molecule has 1 aromatic rings. The van der Waals surface area contributed by atoms with E-state index >= 15 is 0 Å². The lowest BCUT2D eigenvalue weighted by atomic mass is 9.96. The van der Waals surface area contributed by atoms with Crippen LogP contribution in [0.4, 0.5) is 5.69 Å². The van der Waals surface area contributed by atoms with Crippen molar-refractivity contribution >= 4 is 17.6 Å². The molecule has 1 aromatic carbocycles.